The summed E-state index contributed by atoms with van der Waals surface area (Å²) >= 11 is 0. The molecular formula is C20H15O2S+. The molecule has 0 fully saturated rings. The van der Waals surface area contributed by atoms with E-state index < -0.39 is 0 Å². The Bertz CT molecular complexity index is 977. The number of carbonyl (C=O) groups excluding carboxylic acids is 1. The number of rotatable bonds is 2. The molecule has 2 nitrogen and oxygen atoms in total. The van der Waals surface area contributed by atoms with Gasteiger partial charge in [0.1, 0.15) is 0 Å². The van der Waals surface area contributed by atoms with Gasteiger partial charge in [0.25, 0.3) is 0 Å². The molecule has 0 saturated heterocycles. The summed E-state index contributed by atoms with van der Waals surface area (Å²) in [4.78, 5) is 13.0. The molecule has 1 aromatic heterocycles. The number of fused-ring (bicyclic) bond motifs is 3. The van der Waals surface area contributed by atoms with Crippen LogP contribution >= 0.6 is 10.5 Å². The van der Waals surface area contributed by atoms with E-state index >= 15 is 0 Å². The van der Waals surface area contributed by atoms with Crippen LogP contribution in [0.2, 0.25) is 0 Å². The Morgan fingerprint density at radius 2 is 1.43 bits per heavy atom. The fourth-order valence-electron chi connectivity index (χ4n) is 2.97. The molecular weight excluding hydrogens is 304 g/mol. The molecule has 112 valence electrons. The Kier molecular flexibility index (Phi) is 3.36. The Labute approximate surface area is 136 Å². The van der Waals surface area contributed by atoms with Crippen molar-refractivity contribution in [3.63, 3.8) is 0 Å². The Morgan fingerprint density at radius 3 is 2.04 bits per heavy atom. The van der Waals surface area contributed by atoms with E-state index in [9.17, 15) is 4.79 Å². The molecule has 4 rings (SSSR count). The molecule has 3 aromatic carbocycles. The predicted octanol–water partition coefficient (Wildman–Crippen LogP) is 5.52. The van der Waals surface area contributed by atoms with Crippen LogP contribution in [0.5, 0.6) is 0 Å². The topological polar surface area (TPSA) is 26.3 Å². The summed E-state index contributed by atoms with van der Waals surface area (Å²) in [5, 5.41) is 2.57. The molecule has 0 N–H and O–H groups in total. The quantitative estimate of drug-likeness (QED) is 0.359. The summed E-state index contributed by atoms with van der Waals surface area (Å²) in [6.45, 7) is 0. The van der Waals surface area contributed by atoms with Crippen LogP contribution in [-0.4, -0.2) is 13.1 Å². The van der Waals surface area contributed by atoms with Crippen LogP contribution in [0.4, 0.5) is 0 Å². The van der Waals surface area contributed by atoms with E-state index in [1.54, 1.807) is 6.07 Å². The summed E-state index contributed by atoms with van der Waals surface area (Å²) in [6, 6.07) is 24.8. The summed E-state index contributed by atoms with van der Waals surface area (Å²) < 4.78 is 7.49. The highest BCUT2D eigenvalue weighted by atomic mass is 32.2. The van der Waals surface area contributed by atoms with Gasteiger partial charge in [-0.3, -0.25) is 0 Å². The van der Waals surface area contributed by atoms with E-state index in [4.69, 9.17) is 4.74 Å². The number of hydrogen-bond donors (Lipinski definition) is 0. The fourth-order valence-corrected chi connectivity index (χ4v) is 5.40. The molecule has 0 radical (unpaired) electrons. The Balaban J connectivity index is 2.06. The largest absolute Gasteiger partial charge is 0.465 e. The van der Waals surface area contributed by atoms with E-state index in [0.717, 1.165) is 4.90 Å². The number of carbonyl (C=O) groups is 1. The lowest BCUT2D eigenvalue weighted by Gasteiger charge is -1.99. The monoisotopic (exact) mass is 319 g/mol. The number of ether oxygens (including phenoxy) is 1. The van der Waals surface area contributed by atoms with Gasteiger partial charge in [-0.2, -0.15) is 0 Å². The van der Waals surface area contributed by atoms with Gasteiger partial charge in [0.15, 0.2) is 14.3 Å². The zero-order valence-corrected chi connectivity index (χ0v) is 13.5. The van der Waals surface area contributed by atoms with Gasteiger partial charge < -0.3 is 4.74 Å². The first-order valence-corrected chi connectivity index (χ1v) is 8.63. The highest BCUT2D eigenvalue weighted by Gasteiger charge is 2.23. The standard InChI is InChI=1S/C20H15O2S/c1-22-20(21)14-7-6-8-15(13-14)23-18-11-4-2-9-16(18)17-10-3-5-12-19(17)23/h2-13H,1H3/q+1. The summed E-state index contributed by atoms with van der Waals surface area (Å²) in [7, 11) is 1.24. The average Bonchev–Trinajstić information content (AvgIpc) is 2.96. The Hall–Kier alpha value is -2.65. The van der Waals surface area contributed by atoms with Gasteiger partial charge in [-0.1, -0.05) is 30.3 Å². The smallest absolute Gasteiger partial charge is 0.338 e. The van der Waals surface area contributed by atoms with Gasteiger partial charge in [-0.25, -0.2) is 4.79 Å². The summed E-state index contributed by atoms with van der Waals surface area (Å²) in [6.07, 6.45) is 0. The highest BCUT2D eigenvalue weighted by Crippen LogP contribution is 2.48. The van der Waals surface area contributed by atoms with Crippen molar-refractivity contribution in [3.05, 3.63) is 78.4 Å². The lowest BCUT2D eigenvalue weighted by molar-refractivity contribution is 0.0601. The van der Waals surface area contributed by atoms with Crippen LogP contribution in [0.1, 0.15) is 10.4 Å². The van der Waals surface area contributed by atoms with E-state index in [1.807, 2.05) is 12.1 Å². The predicted molar refractivity (Wildman–Crippen MR) is 96.6 cm³/mol. The normalized spacial score (nSPS) is 11.0. The third kappa shape index (κ3) is 2.21. The molecule has 3 heteroatoms. The van der Waals surface area contributed by atoms with Crippen LogP contribution in [0.25, 0.3) is 25.1 Å². The molecule has 0 spiro atoms. The van der Waals surface area contributed by atoms with E-state index in [2.05, 4.69) is 54.6 Å². The lowest BCUT2D eigenvalue weighted by Crippen LogP contribution is -2.00. The Morgan fingerprint density at radius 1 is 0.826 bits per heavy atom. The van der Waals surface area contributed by atoms with E-state index in [-0.39, 0.29) is 16.4 Å². The molecule has 0 saturated carbocycles. The third-order valence-electron chi connectivity index (χ3n) is 3.99. The van der Waals surface area contributed by atoms with E-state index in [0.29, 0.717) is 5.56 Å². The lowest BCUT2D eigenvalue weighted by atomic mass is 10.2. The minimum Gasteiger partial charge on any atom is -0.465 e. The van der Waals surface area contributed by atoms with Crippen molar-refractivity contribution in [1.29, 1.82) is 0 Å². The molecule has 0 aliphatic heterocycles. The van der Waals surface area contributed by atoms with Crippen molar-refractivity contribution in [2.75, 3.05) is 7.11 Å². The molecule has 23 heavy (non-hydrogen) atoms. The van der Waals surface area contributed by atoms with E-state index in [1.165, 1.54) is 27.3 Å². The zero-order valence-electron chi connectivity index (χ0n) is 12.7. The fraction of sp³-hybridized carbons (Fsp3) is 0.0500. The number of esters is 1. The highest BCUT2D eigenvalue weighted by molar-refractivity contribution is 7.50. The SMILES string of the molecule is COC(=O)c1cccc(-[s+]2c3ccccc3c3ccccc32)c1. The van der Waals surface area contributed by atoms with Crippen LogP contribution in [0, 0.1) is 0 Å². The first-order valence-electron chi connectivity index (χ1n) is 7.40. The first kappa shape index (κ1) is 14.0. The van der Waals surface area contributed by atoms with Gasteiger partial charge in [-0.05, 0) is 36.4 Å². The summed E-state index contributed by atoms with van der Waals surface area (Å²) in [5.41, 5.74) is 0.597. The first-order chi connectivity index (χ1) is 11.3. The van der Waals surface area contributed by atoms with Gasteiger partial charge in [0.05, 0.1) is 12.7 Å². The molecule has 0 aliphatic rings. The van der Waals surface area contributed by atoms with Gasteiger partial charge >= 0.3 is 5.97 Å². The maximum Gasteiger partial charge on any atom is 0.338 e. The second-order valence-corrected chi connectivity index (χ2v) is 7.28. The minimum atomic E-state index is -0.295. The molecule has 0 aliphatic carbocycles. The van der Waals surface area contributed by atoms with Gasteiger partial charge in [-0.15, -0.1) is 0 Å². The number of methoxy groups -OCH3 is 1. The van der Waals surface area contributed by atoms with Crippen molar-refractivity contribution in [2.24, 2.45) is 0 Å². The van der Waals surface area contributed by atoms with Crippen molar-refractivity contribution >= 4 is 36.6 Å². The van der Waals surface area contributed by atoms with Crippen molar-refractivity contribution in [3.8, 4) is 4.90 Å². The molecule has 4 aromatic rings. The maximum absolute atomic E-state index is 11.9. The average molecular weight is 319 g/mol. The number of hydrogen-bond acceptors (Lipinski definition) is 2. The molecule has 1 heterocycles. The second-order valence-electron chi connectivity index (χ2n) is 5.32. The zero-order chi connectivity index (χ0) is 15.8. The number of thiophene rings is 1. The van der Waals surface area contributed by atoms with Crippen LogP contribution < -0.4 is 0 Å². The van der Waals surface area contributed by atoms with Crippen LogP contribution in [0.3, 0.4) is 0 Å². The van der Waals surface area contributed by atoms with Crippen LogP contribution in [-0.2, 0) is 4.74 Å². The molecule has 0 atom stereocenters. The maximum atomic E-state index is 11.9. The second kappa shape index (κ2) is 5.52. The molecule has 0 unspecified atom stereocenters. The third-order valence-corrected chi connectivity index (χ3v) is 6.31. The van der Waals surface area contributed by atoms with Crippen LogP contribution in [0.15, 0.2) is 72.8 Å². The summed E-state index contributed by atoms with van der Waals surface area (Å²) in [5.74, 6) is -0.295. The number of benzene rings is 3. The van der Waals surface area contributed by atoms with Crippen molar-refractivity contribution in [1.82, 2.24) is 0 Å². The van der Waals surface area contributed by atoms with Gasteiger partial charge in [0, 0.05) is 27.3 Å². The van der Waals surface area contributed by atoms with Crippen molar-refractivity contribution < 1.29 is 9.53 Å². The van der Waals surface area contributed by atoms with Gasteiger partial charge in [0.2, 0.25) is 0 Å². The minimum absolute atomic E-state index is 0.177. The molecule has 0 amide bonds. The van der Waals surface area contributed by atoms with Crippen molar-refractivity contribution in [2.45, 2.75) is 0 Å². The molecule has 0 bridgehead atoms.